The van der Waals surface area contributed by atoms with Crippen LogP contribution in [0.1, 0.15) is 22.3 Å². The van der Waals surface area contributed by atoms with Crippen LogP contribution in [0, 0.1) is 0 Å². The number of fused-ring (bicyclic) bond motifs is 14. The third-order valence-corrected chi connectivity index (χ3v) is 12.1. The van der Waals surface area contributed by atoms with Gasteiger partial charge in [0.1, 0.15) is 0 Å². The van der Waals surface area contributed by atoms with Crippen LogP contribution in [0.4, 0.5) is 0 Å². The second-order valence-electron chi connectivity index (χ2n) is 13.1. The molecule has 222 valence electrons. The minimum Gasteiger partial charge on any atom is -0.135 e. The van der Waals surface area contributed by atoms with Crippen LogP contribution in [0.25, 0.3) is 75.5 Å². The van der Waals surface area contributed by atoms with Crippen LogP contribution in [0.2, 0.25) is 0 Å². The molecule has 8 aromatic carbocycles. The van der Waals surface area contributed by atoms with Crippen molar-refractivity contribution in [2.45, 2.75) is 5.41 Å². The molecule has 0 fully saturated rings. The molecule has 1 heterocycles. The molecule has 11 rings (SSSR count). The summed E-state index contributed by atoms with van der Waals surface area (Å²) in [5.41, 5.74) is 14.4. The Morgan fingerprint density at radius 1 is 0.354 bits per heavy atom. The fourth-order valence-corrected chi connectivity index (χ4v) is 10.4. The Morgan fingerprint density at radius 3 is 1.54 bits per heavy atom. The molecule has 0 N–H and O–H groups in total. The van der Waals surface area contributed by atoms with Gasteiger partial charge in [-0.05, 0) is 100 Å². The zero-order chi connectivity index (χ0) is 31.4. The van der Waals surface area contributed by atoms with Crippen molar-refractivity contribution in [1.29, 1.82) is 0 Å². The molecular formula is C47H28S. The fourth-order valence-electron chi connectivity index (χ4n) is 9.10. The van der Waals surface area contributed by atoms with E-state index in [1.807, 2.05) is 11.3 Å². The highest BCUT2D eigenvalue weighted by molar-refractivity contribution is 7.22. The summed E-state index contributed by atoms with van der Waals surface area (Å²) < 4.78 is 1.35. The predicted molar refractivity (Wildman–Crippen MR) is 204 cm³/mol. The molecule has 2 aliphatic rings. The summed E-state index contributed by atoms with van der Waals surface area (Å²) in [5, 5.41) is 6.51. The lowest BCUT2D eigenvalue weighted by molar-refractivity contribution is 0.803. The van der Waals surface area contributed by atoms with E-state index >= 15 is 0 Å². The van der Waals surface area contributed by atoms with Crippen LogP contribution in [0.3, 0.4) is 0 Å². The number of rotatable bonds is 2. The lowest BCUT2D eigenvalue weighted by Gasteiger charge is -2.31. The van der Waals surface area contributed by atoms with Gasteiger partial charge in [-0.3, -0.25) is 0 Å². The van der Waals surface area contributed by atoms with Gasteiger partial charge in [0.25, 0.3) is 0 Å². The smallest absolute Gasteiger partial charge is 0.0740 e. The molecule has 0 bridgehead atoms. The second kappa shape index (κ2) is 9.64. The van der Waals surface area contributed by atoms with Gasteiger partial charge in [-0.2, -0.15) is 0 Å². The zero-order valence-electron chi connectivity index (χ0n) is 26.1. The van der Waals surface area contributed by atoms with Crippen LogP contribution in [0.15, 0.2) is 170 Å². The lowest BCUT2D eigenvalue weighted by atomic mass is 9.69. The van der Waals surface area contributed by atoms with Crippen molar-refractivity contribution in [3.63, 3.8) is 0 Å². The maximum absolute atomic E-state index is 2.55. The first-order valence-electron chi connectivity index (χ1n) is 16.7. The van der Waals surface area contributed by atoms with Gasteiger partial charge in [0.2, 0.25) is 0 Å². The highest BCUT2D eigenvalue weighted by atomic mass is 32.1. The molecule has 0 nitrogen and oxygen atoms in total. The standard InChI is InChI=1S/C47H28S/c1-2-14-29(15-3-1)43-33-17-4-6-19-35(33)44(36-20-7-5-18-34(36)43)30-26-27-32-31-16-8-11-23-39(31)47(41(32)28-30)40-24-12-9-21-37(40)46-45(47)38-22-10-13-25-42(38)48-46/h1-28H. The minimum atomic E-state index is -0.386. The first-order valence-corrected chi connectivity index (χ1v) is 17.5. The van der Waals surface area contributed by atoms with Gasteiger partial charge < -0.3 is 0 Å². The molecule has 1 heteroatoms. The van der Waals surface area contributed by atoms with Gasteiger partial charge in [-0.15, -0.1) is 11.3 Å². The quantitative estimate of drug-likeness (QED) is 0.168. The molecule has 0 saturated heterocycles. The Balaban J connectivity index is 1.28. The Labute approximate surface area is 283 Å². The molecule has 1 aromatic heterocycles. The van der Waals surface area contributed by atoms with Crippen LogP contribution >= 0.6 is 11.3 Å². The summed E-state index contributed by atoms with van der Waals surface area (Å²) in [6.07, 6.45) is 0. The first-order chi connectivity index (χ1) is 23.8. The van der Waals surface area contributed by atoms with Crippen molar-refractivity contribution < 1.29 is 0 Å². The lowest BCUT2D eigenvalue weighted by Crippen LogP contribution is -2.25. The number of benzene rings is 8. The highest BCUT2D eigenvalue weighted by Gasteiger charge is 2.53. The van der Waals surface area contributed by atoms with E-state index in [9.17, 15) is 0 Å². The Hall–Kier alpha value is -5.76. The molecule has 0 amide bonds. The Kier molecular flexibility index (Phi) is 5.29. The summed E-state index contributed by atoms with van der Waals surface area (Å²) in [5.74, 6) is 0. The van der Waals surface area contributed by atoms with Gasteiger partial charge >= 0.3 is 0 Å². The van der Waals surface area contributed by atoms with Crippen molar-refractivity contribution in [3.05, 3.63) is 192 Å². The summed E-state index contributed by atoms with van der Waals surface area (Å²) in [6, 6.07) is 63.5. The summed E-state index contributed by atoms with van der Waals surface area (Å²) in [7, 11) is 0. The van der Waals surface area contributed by atoms with Crippen molar-refractivity contribution >= 4 is 43.0 Å². The van der Waals surface area contributed by atoms with Gasteiger partial charge in [-0.25, -0.2) is 0 Å². The Bertz CT molecular complexity index is 2730. The van der Waals surface area contributed by atoms with Gasteiger partial charge in [0, 0.05) is 9.58 Å². The second-order valence-corrected chi connectivity index (χ2v) is 14.2. The van der Waals surface area contributed by atoms with E-state index in [1.54, 1.807) is 0 Å². The maximum atomic E-state index is 2.55. The van der Waals surface area contributed by atoms with Crippen LogP contribution < -0.4 is 0 Å². The van der Waals surface area contributed by atoms with E-state index in [0.29, 0.717) is 0 Å². The number of thiophene rings is 1. The number of hydrogen-bond donors (Lipinski definition) is 0. The van der Waals surface area contributed by atoms with Gasteiger partial charge in [-0.1, -0.05) is 158 Å². The number of hydrogen-bond acceptors (Lipinski definition) is 1. The average Bonchev–Trinajstić information content (AvgIpc) is 3.77. The third kappa shape index (κ3) is 3.24. The average molecular weight is 625 g/mol. The molecule has 48 heavy (non-hydrogen) atoms. The highest BCUT2D eigenvalue weighted by Crippen LogP contribution is 2.66. The molecule has 0 aliphatic heterocycles. The molecule has 2 aliphatic carbocycles. The van der Waals surface area contributed by atoms with Crippen LogP contribution in [0.5, 0.6) is 0 Å². The van der Waals surface area contributed by atoms with Crippen molar-refractivity contribution in [2.24, 2.45) is 0 Å². The molecule has 9 aromatic rings. The largest absolute Gasteiger partial charge is 0.135 e. The minimum absolute atomic E-state index is 0.386. The molecule has 0 saturated carbocycles. The van der Waals surface area contributed by atoms with Crippen molar-refractivity contribution in [3.8, 4) is 43.8 Å². The zero-order valence-corrected chi connectivity index (χ0v) is 26.9. The first kappa shape index (κ1) is 26.3. The van der Waals surface area contributed by atoms with E-state index in [1.165, 1.54) is 97.7 Å². The SMILES string of the molecule is c1ccc(-c2c3ccccc3c(-c3ccc4c(c3)C3(c5ccccc5-4)c4ccccc4-c4sc5ccccc5c43)c3ccccc23)cc1. The van der Waals surface area contributed by atoms with E-state index in [2.05, 4.69) is 170 Å². The summed E-state index contributed by atoms with van der Waals surface area (Å²) >= 11 is 1.94. The molecule has 1 atom stereocenters. The van der Waals surface area contributed by atoms with Gasteiger partial charge in [0.15, 0.2) is 0 Å². The van der Waals surface area contributed by atoms with E-state index < -0.39 is 0 Å². The third-order valence-electron chi connectivity index (χ3n) is 10.9. The topological polar surface area (TPSA) is 0 Å². The van der Waals surface area contributed by atoms with E-state index in [4.69, 9.17) is 0 Å². The van der Waals surface area contributed by atoms with Crippen molar-refractivity contribution in [1.82, 2.24) is 0 Å². The summed E-state index contributed by atoms with van der Waals surface area (Å²) in [4.78, 5) is 1.41. The Morgan fingerprint density at radius 2 is 0.854 bits per heavy atom. The maximum Gasteiger partial charge on any atom is 0.0740 e. The fraction of sp³-hybridized carbons (Fsp3) is 0.0213. The monoisotopic (exact) mass is 624 g/mol. The van der Waals surface area contributed by atoms with E-state index in [-0.39, 0.29) is 5.41 Å². The van der Waals surface area contributed by atoms with Crippen LogP contribution in [-0.2, 0) is 5.41 Å². The van der Waals surface area contributed by atoms with Crippen LogP contribution in [-0.4, -0.2) is 0 Å². The van der Waals surface area contributed by atoms with Crippen molar-refractivity contribution in [2.75, 3.05) is 0 Å². The molecular weight excluding hydrogens is 597 g/mol. The van der Waals surface area contributed by atoms with Gasteiger partial charge in [0.05, 0.1) is 5.41 Å². The normalized spacial score (nSPS) is 15.6. The molecule has 1 spiro atoms. The predicted octanol–water partition coefficient (Wildman–Crippen LogP) is 12.9. The molecule has 0 radical (unpaired) electrons. The summed E-state index contributed by atoms with van der Waals surface area (Å²) in [6.45, 7) is 0. The van der Waals surface area contributed by atoms with E-state index in [0.717, 1.165) is 0 Å². The molecule has 1 unspecified atom stereocenters.